The Morgan fingerprint density at radius 3 is 2.67 bits per heavy atom. The van der Waals surface area contributed by atoms with Crippen LogP contribution in [0, 0.1) is 5.82 Å². The molecular formula is C23H19ClFN7O. The predicted octanol–water partition coefficient (Wildman–Crippen LogP) is 5.28. The van der Waals surface area contributed by atoms with E-state index in [0.717, 1.165) is 6.08 Å². The number of halogens is 2. The molecule has 1 amide bonds. The Morgan fingerprint density at radius 2 is 1.94 bits per heavy atom. The molecule has 0 aliphatic rings. The van der Waals surface area contributed by atoms with Gasteiger partial charge in [-0.05, 0) is 30.3 Å². The fourth-order valence-corrected chi connectivity index (χ4v) is 3.29. The topological polar surface area (TPSA) is 96.8 Å². The molecule has 0 atom stereocenters. The molecule has 0 saturated heterocycles. The van der Waals surface area contributed by atoms with Crippen molar-refractivity contribution in [3.05, 3.63) is 84.5 Å². The van der Waals surface area contributed by atoms with E-state index >= 15 is 0 Å². The quantitative estimate of drug-likeness (QED) is 0.322. The van der Waals surface area contributed by atoms with Gasteiger partial charge < -0.3 is 16.0 Å². The highest BCUT2D eigenvalue weighted by atomic mass is 35.5. The first kappa shape index (κ1) is 22.0. The number of amides is 1. The summed E-state index contributed by atoms with van der Waals surface area (Å²) < 4.78 is 16.3. The van der Waals surface area contributed by atoms with Crippen LogP contribution < -0.4 is 16.0 Å². The number of hydrogen-bond donors (Lipinski definition) is 3. The number of nitrogens with one attached hydrogen (secondary N) is 3. The molecule has 0 saturated carbocycles. The number of aryl methyl sites for hydroxylation is 1. The van der Waals surface area contributed by atoms with Crippen molar-refractivity contribution in [1.82, 2.24) is 19.7 Å². The van der Waals surface area contributed by atoms with Crippen LogP contribution in [-0.2, 0) is 11.8 Å². The Bertz CT molecular complexity index is 1340. The van der Waals surface area contributed by atoms with Gasteiger partial charge in [-0.1, -0.05) is 36.4 Å². The van der Waals surface area contributed by atoms with E-state index in [2.05, 4.69) is 37.6 Å². The number of carbonyl (C=O) groups is 1. The molecule has 8 nitrogen and oxygen atoms in total. The first-order chi connectivity index (χ1) is 15.9. The van der Waals surface area contributed by atoms with E-state index in [4.69, 9.17) is 11.6 Å². The van der Waals surface area contributed by atoms with Gasteiger partial charge in [0.05, 0.1) is 17.6 Å². The maximum atomic E-state index is 14.6. The fourth-order valence-electron chi connectivity index (χ4n) is 3.05. The summed E-state index contributed by atoms with van der Waals surface area (Å²) in [6, 6.07) is 11.4. The van der Waals surface area contributed by atoms with Gasteiger partial charge in [-0.25, -0.2) is 9.37 Å². The Hall–Kier alpha value is -4.24. The summed E-state index contributed by atoms with van der Waals surface area (Å²) in [5, 5.41) is 13.3. The predicted molar refractivity (Wildman–Crippen MR) is 127 cm³/mol. The van der Waals surface area contributed by atoms with Gasteiger partial charge in [-0.15, -0.1) is 0 Å². The van der Waals surface area contributed by atoms with Crippen molar-refractivity contribution in [2.75, 3.05) is 16.0 Å². The Kier molecular flexibility index (Phi) is 6.32. The number of benzene rings is 2. The molecule has 0 spiro atoms. The van der Waals surface area contributed by atoms with Gasteiger partial charge in [0.15, 0.2) is 0 Å². The maximum Gasteiger partial charge on any atom is 0.247 e. The molecule has 33 heavy (non-hydrogen) atoms. The third kappa shape index (κ3) is 5.16. The second-order valence-electron chi connectivity index (χ2n) is 6.98. The summed E-state index contributed by atoms with van der Waals surface area (Å²) in [5.74, 6) is -0.347. The van der Waals surface area contributed by atoms with Crippen molar-refractivity contribution in [3.8, 4) is 11.1 Å². The lowest BCUT2D eigenvalue weighted by Crippen LogP contribution is -2.08. The molecule has 2 aromatic heterocycles. The molecule has 0 bridgehead atoms. The van der Waals surface area contributed by atoms with Crippen molar-refractivity contribution < 1.29 is 9.18 Å². The fraction of sp³-hybridized carbons (Fsp3) is 0.0435. The zero-order valence-corrected chi connectivity index (χ0v) is 18.3. The minimum atomic E-state index is -0.530. The molecular weight excluding hydrogens is 445 g/mol. The van der Waals surface area contributed by atoms with E-state index in [1.807, 2.05) is 18.2 Å². The molecule has 0 aliphatic heterocycles. The van der Waals surface area contributed by atoms with Gasteiger partial charge in [-0.3, -0.25) is 9.48 Å². The van der Waals surface area contributed by atoms with Crippen molar-refractivity contribution in [2.24, 2.45) is 7.05 Å². The number of rotatable bonds is 7. The summed E-state index contributed by atoms with van der Waals surface area (Å²) in [6.07, 6.45) is 6.12. The largest absolute Gasteiger partial charge is 0.337 e. The number of carbonyl (C=O) groups excluding carboxylic acids is 1. The lowest BCUT2D eigenvalue weighted by molar-refractivity contribution is -0.111. The summed E-state index contributed by atoms with van der Waals surface area (Å²) in [5.41, 5.74) is 2.43. The Morgan fingerprint density at radius 1 is 1.12 bits per heavy atom. The Labute approximate surface area is 194 Å². The molecule has 4 aromatic rings. The number of anilines is 5. The van der Waals surface area contributed by atoms with Crippen LogP contribution >= 0.6 is 11.6 Å². The molecule has 10 heteroatoms. The highest BCUT2D eigenvalue weighted by Gasteiger charge is 2.15. The van der Waals surface area contributed by atoms with Crippen LogP contribution in [0.15, 0.2) is 73.7 Å². The van der Waals surface area contributed by atoms with E-state index in [-0.39, 0.29) is 11.6 Å². The van der Waals surface area contributed by atoms with Crippen LogP contribution in [0.25, 0.3) is 11.1 Å². The van der Waals surface area contributed by atoms with E-state index in [1.165, 1.54) is 18.2 Å². The van der Waals surface area contributed by atoms with Crippen LogP contribution in [0.3, 0.4) is 0 Å². The smallest absolute Gasteiger partial charge is 0.247 e. The molecule has 0 unspecified atom stereocenters. The lowest BCUT2D eigenvalue weighted by atomic mass is 10.1. The first-order valence-corrected chi connectivity index (χ1v) is 10.2. The van der Waals surface area contributed by atoms with Crippen LogP contribution in [0.2, 0.25) is 5.02 Å². The van der Waals surface area contributed by atoms with Gasteiger partial charge in [-0.2, -0.15) is 10.1 Å². The summed E-state index contributed by atoms with van der Waals surface area (Å²) >= 11 is 6.39. The van der Waals surface area contributed by atoms with Crippen molar-refractivity contribution >= 4 is 46.3 Å². The summed E-state index contributed by atoms with van der Waals surface area (Å²) in [6.45, 7) is 3.42. The molecule has 0 aliphatic carbocycles. The van der Waals surface area contributed by atoms with Gasteiger partial charge in [0, 0.05) is 41.3 Å². The first-order valence-electron chi connectivity index (χ1n) is 9.80. The summed E-state index contributed by atoms with van der Waals surface area (Å²) in [7, 11) is 1.79. The van der Waals surface area contributed by atoms with Gasteiger partial charge in [0.25, 0.3) is 0 Å². The second-order valence-corrected chi connectivity index (χ2v) is 7.38. The number of nitrogens with zero attached hydrogens (tertiary/aromatic N) is 4. The van der Waals surface area contributed by atoms with Crippen LogP contribution in [0.1, 0.15) is 0 Å². The zero-order valence-electron chi connectivity index (χ0n) is 17.5. The average molecular weight is 464 g/mol. The third-order valence-corrected chi connectivity index (χ3v) is 4.92. The highest BCUT2D eigenvalue weighted by molar-refractivity contribution is 6.33. The molecule has 3 N–H and O–H groups in total. The third-order valence-electron chi connectivity index (χ3n) is 4.59. The van der Waals surface area contributed by atoms with Gasteiger partial charge >= 0.3 is 0 Å². The number of hydrogen-bond acceptors (Lipinski definition) is 6. The van der Waals surface area contributed by atoms with Gasteiger partial charge in [0.2, 0.25) is 11.9 Å². The van der Waals surface area contributed by atoms with Gasteiger partial charge in [0.1, 0.15) is 11.6 Å². The zero-order chi connectivity index (χ0) is 23.4. The van der Waals surface area contributed by atoms with E-state index in [1.54, 1.807) is 36.4 Å². The standard InChI is InChI=1S/C23H19ClFN7O/c1-3-21(33)28-14-8-9-19(25)20(10-14)30-22-17(16-6-4-5-7-18(16)24)12-26-23(31-22)29-15-11-27-32(2)13-15/h3-13H,1H2,2H3,(H,28,33)(H2,26,29,30,31). The minimum Gasteiger partial charge on any atom is -0.337 e. The number of aromatic nitrogens is 4. The summed E-state index contributed by atoms with van der Waals surface area (Å²) in [4.78, 5) is 20.6. The molecule has 2 aromatic carbocycles. The van der Waals surface area contributed by atoms with Crippen molar-refractivity contribution in [3.63, 3.8) is 0 Å². The molecule has 166 valence electrons. The Balaban J connectivity index is 1.75. The van der Waals surface area contributed by atoms with Crippen molar-refractivity contribution in [1.29, 1.82) is 0 Å². The minimum absolute atomic E-state index is 0.108. The molecule has 0 fully saturated rings. The van der Waals surface area contributed by atoms with E-state index in [0.29, 0.717) is 33.3 Å². The normalized spacial score (nSPS) is 10.5. The van der Waals surface area contributed by atoms with E-state index in [9.17, 15) is 9.18 Å². The average Bonchev–Trinajstić information content (AvgIpc) is 3.21. The molecule has 4 rings (SSSR count). The van der Waals surface area contributed by atoms with Crippen molar-refractivity contribution in [2.45, 2.75) is 0 Å². The monoisotopic (exact) mass is 463 g/mol. The SMILES string of the molecule is C=CC(=O)Nc1ccc(F)c(Nc2nc(Nc3cnn(C)c3)ncc2-c2ccccc2Cl)c1. The van der Waals surface area contributed by atoms with Crippen LogP contribution in [0.4, 0.5) is 33.2 Å². The maximum absolute atomic E-state index is 14.6. The van der Waals surface area contributed by atoms with E-state index < -0.39 is 11.7 Å². The second kappa shape index (κ2) is 9.49. The van der Waals surface area contributed by atoms with Crippen LogP contribution in [0.5, 0.6) is 0 Å². The highest BCUT2D eigenvalue weighted by Crippen LogP contribution is 2.35. The van der Waals surface area contributed by atoms with Crippen LogP contribution in [-0.4, -0.2) is 25.7 Å². The molecule has 2 heterocycles. The molecule has 0 radical (unpaired) electrons. The lowest BCUT2D eigenvalue weighted by Gasteiger charge is -2.15.